The van der Waals surface area contributed by atoms with E-state index in [-0.39, 0.29) is 22.3 Å². The van der Waals surface area contributed by atoms with Crippen molar-refractivity contribution in [2.24, 2.45) is 11.8 Å². The zero-order valence-electron chi connectivity index (χ0n) is 23.2. The van der Waals surface area contributed by atoms with Crippen molar-refractivity contribution in [1.29, 1.82) is 0 Å². The molecule has 41 heavy (non-hydrogen) atoms. The van der Waals surface area contributed by atoms with Crippen LogP contribution in [0.5, 0.6) is 5.75 Å². The largest absolute Gasteiger partial charge is 0.831 e. The Hall–Kier alpha value is -4.42. The van der Waals surface area contributed by atoms with Crippen LogP contribution in [0.2, 0.25) is 0 Å². The SMILES string of the molecule is C=C[C@H]1C[N+]2(/C([O-])=C/c3ccccc3)CC[C@H]1C[C@H]2[C@H](OC(=O)c1ccccc1)c1ccnc2ccc(OC)cc12. The summed E-state index contributed by atoms with van der Waals surface area (Å²) < 4.78 is 12.2. The van der Waals surface area contributed by atoms with E-state index in [1.54, 1.807) is 31.5 Å². The molecule has 208 valence electrons. The van der Waals surface area contributed by atoms with Crippen molar-refractivity contribution >= 4 is 22.9 Å². The lowest BCUT2D eigenvalue weighted by Crippen LogP contribution is -2.69. The molecule has 3 aliphatic heterocycles. The summed E-state index contributed by atoms with van der Waals surface area (Å²) in [4.78, 5) is 18.2. The van der Waals surface area contributed by atoms with Crippen molar-refractivity contribution in [3.8, 4) is 5.75 Å². The second-order valence-corrected chi connectivity index (χ2v) is 11.1. The van der Waals surface area contributed by atoms with Crippen molar-refractivity contribution in [3.63, 3.8) is 0 Å². The van der Waals surface area contributed by atoms with E-state index in [1.807, 2.05) is 78.9 Å². The maximum absolute atomic E-state index is 14.4. The number of pyridine rings is 1. The highest BCUT2D eigenvalue weighted by atomic mass is 16.5. The quantitative estimate of drug-likeness (QED) is 0.119. The van der Waals surface area contributed by atoms with Gasteiger partial charge in [0, 0.05) is 35.9 Å². The van der Waals surface area contributed by atoms with Gasteiger partial charge in [0.2, 0.25) is 0 Å². The summed E-state index contributed by atoms with van der Waals surface area (Å²) in [6, 6.07) is 26.1. The predicted octanol–water partition coefficient (Wildman–Crippen LogP) is 5.91. The van der Waals surface area contributed by atoms with E-state index in [9.17, 15) is 9.90 Å². The number of aromatic nitrogens is 1. The molecule has 6 nitrogen and oxygen atoms in total. The van der Waals surface area contributed by atoms with Gasteiger partial charge in [-0.25, -0.2) is 4.79 Å². The van der Waals surface area contributed by atoms with Crippen LogP contribution >= 0.6 is 0 Å². The number of benzene rings is 3. The molecule has 0 saturated carbocycles. The molecule has 1 aromatic heterocycles. The van der Waals surface area contributed by atoms with E-state index in [0.29, 0.717) is 30.3 Å². The number of hydrogen-bond acceptors (Lipinski definition) is 5. The second kappa shape index (κ2) is 11.2. The molecule has 7 rings (SSSR count). The zero-order chi connectivity index (χ0) is 28.4. The molecule has 3 saturated heterocycles. The first-order valence-corrected chi connectivity index (χ1v) is 14.1. The van der Waals surface area contributed by atoms with Crippen molar-refractivity contribution in [2.45, 2.75) is 25.0 Å². The van der Waals surface area contributed by atoms with Gasteiger partial charge in [0.25, 0.3) is 0 Å². The molecule has 3 fully saturated rings. The van der Waals surface area contributed by atoms with Crippen molar-refractivity contribution in [1.82, 2.24) is 4.98 Å². The van der Waals surface area contributed by atoms with Crippen LogP contribution in [-0.2, 0) is 4.74 Å². The minimum atomic E-state index is -0.679. The summed E-state index contributed by atoms with van der Waals surface area (Å²) in [5.41, 5.74) is 2.94. The Morgan fingerprint density at radius 1 is 1.07 bits per heavy atom. The normalized spacial score (nSPS) is 24.5. The summed E-state index contributed by atoms with van der Waals surface area (Å²) in [5, 5.41) is 15.2. The fraction of sp³-hybridized carbons (Fsp3) is 0.257. The molecule has 0 amide bonds. The highest BCUT2D eigenvalue weighted by molar-refractivity contribution is 5.90. The van der Waals surface area contributed by atoms with Crippen LogP contribution in [0.3, 0.4) is 0 Å². The van der Waals surface area contributed by atoms with Crippen molar-refractivity contribution < 1.29 is 23.9 Å². The number of piperidine rings is 3. The smallest absolute Gasteiger partial charge is 0.338 e. The highest BCUT2D eigenvalue weighted by Crippen LogP contribution is 2.50. The van der Waals surface area contributed by atoms with Gasteiger partial charge in [0.1, 0.15) is 11.8 Å². The van der Waals surface area contributed by atoms with Gasteiger partial charge in [-0.2, -0.15) is 0 Å². The molecule has 4 aromatic rings. The number of methoxy groups -OCH3 is 1. The first-order chi connectivity index (χ1) is 20.0. The molecule has 6 heteroatoms. The van der Waals surface area contributed by atoms with Crippen LogP contribution in [0, 0.1) is 11.8 Å². The lowest BCUT2D eigenvalue weighted by molar-refractivity contribution is -0.975. The molecule has 3 aromatic carbocycles. The van der Waals surface area contributed by atoms with Gasteiger partial charge in [-0.15, -0.1) is 6.58 Å². The number of quaternary nitrogens is 1. The summed E-state index contributed by atoms with van der Waals surface area (Å²) in [7, 11) is 1.63. The number of carbonyl (C=O) groups is 1. The number of carbonyl (C=O) groups excluding carboxylic acids is 1. The van der Waals surface area contributed by atoms with Crippen LogP contribution in [0.15, 0.2) is 110 Å². The van der Waals surface area contributed by atoms with Crippen LogP contribution in [0.1, 0.15) is 40.4 Å². The molecule has 0 aliphatic carbocycles. The van der Waals surface area contributed by atoms with E-state index in [2.05, 4.69) is 11.6 Å². The van der Waals surface area contributed by atoms with Crippen LogP contribution in [-0.4, -0.2) is 41.7 Å². The molecule has 0 spiro atoms. The molecular weight excluding hydrogens is 512 g/mol. The molecule has 2 bridgehead atoms. The Kier molecular flexibility index (Phi) is 7.33. The number of ether oxygens (including phenoxy) is 2. The van der Waals surface area contributed by atoms with Crippen LogP contribution in [0.4, 0.5) is 0 Å². The van der Waals surface area contributed by atoms with Gasteiger partial charge in [0.05, 0.1) is 37.2 Å². The van der Waals surface area contributed by atoms with Gasteiger partial charge in [-0.1, -0.05) is 54.6 Å². The van der Waals surface area contributed by atoms with Gasteiger partial charge in [-0.05, 0) is 54.0 Å². The third-order valence-corrected chi connectivity index (χ3v) is 8.93. The Bertz CT molecular complexity index is 1590. The maximum atomic E-state index is 14.4. The molecular formula is C35H34N2O4. The zero-order valence-corrected chi connectivity index (χ0v) is 23.2. The minimum absolute atomic E-state index is 0.0305. The predicted molar refractivity (Wildman–Crippen MR) is 158 cm³/mol. The number of nitrogens with zero attached hydrogens (tertiary/aromatic N) is 2. The summed E-state index contributed by atoms with van der Waals surface area (Å²) in [6.45, 7) is 5.43. The number of rotatable bonds is 8. The maximum Gasteiger partial charge on any atom is 0.338 e. The summed E-state index contributed by atoms with van der Waals surface area (Å²) >= 11 is 0. The van der Waals surface area contributed by atoms with E-state index in [1.165, 1.54) is 0 Å². The van der Waals surface area contributed by atoms with E-state index in [0.717, 1.165) is 34.9 Å². The monoisotopic (exact) mass is 546 g/mol. The first-order valence-electron chi connectivity index (χ1n) is 14.1. The molecule has 3 aliphatic rings. The van der Waals surface area contributed by atoms with Crippen molar-refractivity contribution in [3.05, 3.63) is 126 Å². The minimum Gasteiger partial charge on any atom is -0.831 e. The molecule has 4 heterocycles. The standard InChI is InChI=1S/C35H34N2O4/c1-3-25-23-37(33(38)20-24-10-6-4-7-11-24)19-17-27(25)21-32(37)34(41-35(39)26-12-8-5-9-13-26)29-16-18-36-31-15-14-28(40-2)22-30(29)31/h3-16,18,20,22,25,27,32,34H,1,17,19,21,23H2,2H3/b33-20-/t25-,27-,32-,34+,37?/m0/s1. The van der Waals surface area contributed by atoms with Crippen LogP contribution in [0.25, 0.3) is 17.0 Å². The van der Waals surface area contributed by atoms with Crippen molar-refractivity contribution in [2.75, 3.05) is 20.2 Å². The number of fused-ring (bicyclic) bond motifs is 4. The van der Waals surface area contributed by atoms with E-state index in [4.69, 9.17) is 9.47 Å². The highest BCUT2D eigenvalue weighted by Gasteiger charge is 2.55. The number of hydrogen-bond donors (Lipinski definition) is 0. The first kappa shape index (κ1) is 26.8. The Morgan fingerprint density at radius 2 is 1.83 bits per heavy atom. The Balaban J connectivity index is 1.52. The third kappa shape index (κ3) is 5.00. The fourth-order valence-electron chi connectivity index (χ4n) is 6.79. The topological polar surface area (TPSA) is 71.5 Å². The van der Waals surface area contributed by atoms with Gasteiger partial charge in [0.15, 0.2) is 6.10 Å². The van der Waals surface area contributed by atoms with Gasteiger partial charge >= 0.3 is 5.97 Å². The number of esters is 1. The Morgan fingerprint density at radius 3 is 2.56 bits per heavy atom. The molecule has 0 N–H and O–H groups in total. The van der Waals surface area contributed by atoms with E-state index >= 15 is 0 Å². The average molecular weight is 547 g/mol. The van der Waals surface area contributed by atoms with Gasteiger partial charge < -0.3 is 14.6 Å². The average Bonchev–Trinajstić information content (AvgIpc) is 3.04. The lowest BCUT2D eigenvalue weighted by Gasteiger charge is -2.60. The molecule has 1 unspecified atom stereocenters. The Labute approximate surface area is 240 Å². The third-order valence-electron chi connectivity index (χ3n) is 8.93. The summed E-state index contributed by atoms with van der Waals surface area (Å²) in [6.07, 6.45) is 6.49. The molecule has 0 radical (unpaired) electrons. The lowest BCUT2D eigenvalue weighted by atomic mass is 9.71. The summed E-state index contributed by atoms with van der Waals surface area (Å²) in [5.74, 6) is 0.886. The van der Waals surface area contributed by atoms with E-state index < -0.39 is 12.1 Å². The van der Waals surface area contributed by atoms with Crippen LogP contribution < -0.4 is 9.84 Å². The second-order valence-electron chi connectivity index (χ2n) is 11.1. The molecule has 5 atom stereocenters. The fourth-order valence-corrected chi connectivity index (χ4v) is 6.79. The van der Waals surface area contributed by atoms with Gasteiger partial charge in [-0.3, -0.25) is 9.47 Å².